The van der Waals surface area contributed by atoms with Crippen molar-refractivity contribution in [1.82, 2.24) is 10.2 Å². The van der Waals surface area contributed by atoms with Crippen LogP contribution in [-0.2, 0) is 14.6 Å². The molecule has 1 N–H and O–H groups in total. The summed E-state index contributed by atoms with van der Waals surface area (Å²) in [4.78, 5) is 15.2. The largest absolute Gasteiger partial charge is 0.494 e. The molecule has 192 valence electrons. The predicted octanol–water partition coefficient (Wildman–Crippen LogP) is 4.47. The molecule has 2 aromatic carbocycles. The van der Waals surface area contributed by atoms with Crippen molar-refractivity contribution in [3.05, 3.63) is 76.5 Å². The number of furan rings is 1. The zero-order valence-electron chi connectivity index (χ0n) is 20.0. The van der Waals surface area contributed by atoms with Crippen LogP contribution in [0.4, 0.5) is 0 Å². The van der Waals surface area contributed by atoms with Crippen LogP contribution in [0.1, 0.15) is 35.5 Å². The Morgan fingerprint density at radius 3 is 2.42 bits per heavy atom. The summed E-state index contributed by atoms with van der Waals surface area (Å²) < 4.78 is 43.1. The van der Waals surface area contributed by atoms with E-state index in [4.69, 9.17) is 13.9 Å². The van der Waals surface area contributed by atoms with Crippen LogP contribution in [-0.4, -0.2) is 58.7 Å². The third kappa shape index (κ3) is 6.36. The normalized spacial score (nSPS) is 15.4. The number of nitrogens with one attached hydrogen (secondary N) is 1. The second-order valence-corrected chi connectivity index (χ2v) is 11.2. The van der Waals surface area contributed by atoms with Gasteiger partial charge in [-0.1, -0.05) is 35.0 Å². The summed E-state index contributed by atoms with van der Waals surface area (Å²) in [5.41, 5.74) is 1.04. The molecule has 1 fully saturated rings. The Bertz CT molecular complexity index is 1250. The van der Waals surface area contributed by atoms with Gasteiger partial charge in [0.15, 0.2) is 5.76 Å². The molecule has 4 rings (SSSR count). The number of benzene rings is 2. The molecule has 0 saturated carbocycles. The van der Waals surface area contributed by atoms with Crippen molar-refractivity contribution in [3.8, 4) is 5.75 Å². The van der Waals surface area contributed by atoms with E-state index in [-0.39, 0.29) is 21.8 Å². The van der Waals surface area contributed by atoms with Gasteiger partial charge in [0.25, 0.3) is 5.91 Å². The summed E-state index contributed by atoms with van der Waals surface area (Å²) in [7, 11) is -3.87. The number of amides is 1. The van der Waals surface area contributed by atoms with Gasteiger partial charge in [-0.05, 0) is 60.5 Å². The molecule has 0 aliphatic carbocycles. The minimum absolute atomic E-state index is 0.0604. The molecule has 1 saturated heterocycles. The van der Waals surface area contributed by atoms with Gasteiger partial charge in [0, 0.05) is 24.1 Å². The molecule has 0 spiro atoms. The first-order valence-electron chi connectivity index (χ1n) is 11.8. The number of morpholine rings is 1. The minimum Gasteiger partial charge on any atom is -0.494 e. The first-order chi connectivity index (χ1) is 17.4. The second kappa shape index (κ2) is 12.1. The summed E-state index contributed by atoms with van der Waals surface area (Å²) in [6.07, 6.45) is 0.934. The van der Waals surface area contributed by atoms with Crippen molar-refractivity contribution in [2.75, 3.05) is 39.5 Å². The summed E-state index contributed by atoms with van der Waals surface area (Å²) in [6, 6.07) is 16.7. The number of carbonyl (C=O) groups is 1. The van der Waals surface area contributed by atoms with E-state index < -0.39 is 15.7 Å². The van der Waals surface area contributed by atoms with Crippen molar-refractivity contribution < 1.29 is 27.1 Å². The Morgan fingerprint density at radius 1 is 1.06 bits per heavy atom. The predicted molar refractivity (Wildman–Crippen MR) is 138 cm³/mol. The average Bonchev–Trinajstić information content (AvgIpc) is 3.41. The highest BCUT2D eigenvalue weighted by Gasteiger charge is 2.26. The molecule has 1 aliphatic rings. The van der Waals surface area contributed by atoms with Crippen LogP contribution in [0, 0.1) is 0 Å². The molecule has 0 radical (unpaired) electrons. The summed E-state index contributed by atoms with van der Waals surface area (Å²) in [5, 5.41) is 2.63. The molecule has 1 aliphatic heterocycles. The van der Waals surface area contributed by atoms with Gasteiger partial charge in [0.1, 0.15) is 5.75 Å². The number of rotatable bonds is 10. The van der Waals surface area contributed by atoms with Gasteiger partial charge in [0.05, 0.1) is 30.8 Å². The highest BCUT2D eigenvalue weighted by molar-refractivity contribution is 9.10. The lowest BCUT2D eigenvalue weighted by molar-refractivity contribution is 0.0161. The van der Waals surface area contributed by atoms with Crippen LogP contribution in [0.3, 0.4) is 0 Å². The first kappa shape index (κ1) is 26.4. The number of sulfone groups is 1. The van der Waals surface area contributed by atoms with Crippen molar-refractivity contribution in [2.24, 2.45) is 0 Å². The van der Waals surface area contributed by atoms with E-state index in [2.05, 4.69) is 33.1 Å². The fraction of sp³-hybridized carbons (Fsp3) is 0.346. The Labute approximate surface area is 219 Å². The van der Waals surface area contributed by atoms with Crippen molar-refractivity contribution in [1.29, 1.82) is 0 Å². The van der Waals surface area contributed by atoms with Crippen LogP contribution in [0.15, 0.2) is 79.5 Å². The Morgan fingerprint density at radius 2 is 1.75 bits per heavy atom. The van der Waals surface area contributed by atoms with E-state index in [0.29, 0.717) is 26.4 Å². The van der Waals surface area contributed by atoms with Gasteiger partial charge in [-0.2, -0.15) is 0 Å². The number of hydrogen-bond donors (Lipinski definition) is 1. The molecule has 3 aromatic rings. The summed E-state index contributed by atoms with van der Waals surface area (Å²) in [6.45, 7) is 5.77. The molecular weight excluding hydrogens is 548 g/mol. The third-order valence-electron chi connectivity index (χ3n) is 5.87. The maximum atomic E-state index is 12.9. The van der Waals surface area contributed by atoms with Gasteiger partial charge in [-0.3, -0.25) is 9.69 Å². The highest BCUT2D eigenvalue weighted by Crippen LogP contribution is 2.26. The fourth-order valence-electron chi connectivity index (χ4n) is 3.95. The Balaban J connectivity index is 1.46. The number of hydrogen-bond acceptors (Lipinski definition) is 7. The smallest absolute Gasteiger partial charge is 0.287 e. The Kier molecular flexibility index (Phi) is 8.84. The van der Waals surface area contributed by atoms with Gasteiger partial charge < -0.3 is 19.2 Å². The molecule has 0 bridgehead atoms. The van der Waals surface area contributed by atoms with Crippen molar-refractivity contribution in [3.63, 3.8) is 0 Å². The molecule has 8 nitrogen and oxygen atoms in total. The molecule has 2 heterocycles. The molecule has 1 atom stereocenters. The van der Waals surface area contributed by atoms with Gasteiger partial charge in [0.2, 0.25) is 14.9 Å². The van der Waals surface area contributed by atoms with E-state index in [0.717, 1.165) is 35.3 Å². The maximum Gasteiger partial charge on any atom is 0.287 e. The van der Waals surface area contributed by atoms with Gasteiger partial charge in [-0.15, -0.1) is 0 Å². The minimum atomic E-state index is -3.87. The summed E-state index contributed by atoms with van der Waals surface area (Å²) in [5.74, 6) is 0.267. The van der Waals surface area contributed by atoms with Gasteiger partial charge >= 0.3 is 0 Å². The molecule has 10 heteroatoms. The molecule has 1 amide bonds. The van der Waals surface area contributed by atoms with Crippen molar-refractivity contribution in [2.45, 2.75) is 29.4 Å². The van der Waals surface area contributed by atoms with E-state index >= 15 is 0 Å². The van der Waals surface area contributed by atoms with E-state index in [9.17, 15) is 13.2 Å². The highest BCUT2D eigenvalue weighted by atomic mass is 79.9. The van der Waals surface area contributed by atoms with E-state index in [1.54, 1.807) is 12.1 Å². The first-order valence-corrected chi connectivity index (χ1v) is 14.1. The SMILES string of the molecule is CCCOc1ccc(C(CNC(=O)c2ccc(S(=O)(=O)c3ccc(Br)cc3)o2)N2CCOCC2)cc1. The number of ether oxygens (including phenoxy) is 2. The maximum absolute atomic E-state index is 12.9. The standard InChI is InChI=1S/C26H29BrN2O6S/c1-2-15-34-21-7-3-19(4-8-21)23(29-13-16-33-17-14-29)18-28-26(30)24-11-12-25(35-24)36(31,32)22-9-5-20(27)6-10-22/h3-12,23H,2,13-18H2,1H3,(H,28,30). The molecular formula is C26H29BrN2O6S. The van der Waals surface area contributed by atoms with Crippen LogP contribution in [0.5, 0.6) is 5.75 Å². The van der Waals surface area contributed by atoms with Crippen LogP contribution in [0.25, 0.3) is 0 Å². The van der Waals surface area contributed by atoms with E-state index in [1.165, 1.54) is 24.3 Å². The molecule has 1 unspecified atom stereocenters. The lowest BCUT2D eigenvalue weighted by Crippen LogP contribution is -2.43. The number of halogens is 1. The zero-order valence-corrected chi connectivity index (χ0v) is 22.4. The lowest BCUT2D eigenvalue weighted by atomic mass is 10.0. The van der Waals surface area contributed by atoms with Crippen LogP contribution >= 0.6 is 15.9 Å². The third-order valence-corrected chi connectivity index (χ3v) is 8.04. The molecule has 1 aromatic heterocycles. The number of nitrogens with zero attached hydrogens (tertiary/aromatic N) is 1. The van der Waals surface area contributed by atoms with Gasteiger partial charge in [-0.25, -0.2) is 8.42 Å². The monoisotopic (exact) mass is 576 g/mol. The Hall–Kier alpha value is -2.66. The zero-order chi connectivity index (χ0) is 25.5. The van der Waals surface area contributed by atoms with Crippen molar-refractivity contribution >= 4 is 31.7 Å². The summed E-state index contributed by atoms with van der Waals surface area (Å²) >= 11 is 3.29. The van der Waals surface area contributed by atoms with Crippen LogP contribution in [0.2, 0.25) is 0 Å². The average molecular weight is 577 g/mol. The number of carbonyl (C=O) groups excluding carboxylic acids is 1. The topological polar surface area (TPSA) is 98.1 Å². The fourth-order valence-corrected chi connectivity index (χ4v) is 5.38. The lowest BCUT2D eigenvalue weighted by Gasteiger charge is -2.35. The molecule has 36 heavy (non-hydrogen) atoms. The second-order valence-electron chi connectivity index (χ2n) is 8.37. The quantitative estimate of drug-likeness (QED) is 0.380. The van der Waals surface area contributed by atoms with E-state index in [1.807, 2.05) is 24.3 Å². The van der Waals surface area contributed by atoms with Crippen LogP contribution < -0.4 is 10.1 Å².